The highest BCUT2D eigenvalue weighted by Crippen LogP contribution is 2.32. The number of aromatic nitrogens is 1. The summed E-state index contributed by atoms with van der Waals surface area (Å²) >= 11 is 0. The van der Waals surface area contributed by atoms with Gasteiger partial charge in [0.25, 0.3) is 0 Å². The van der Waals surface area contributed by atoms with Gasteiger partial charge in [-0.1, -0.05) is 48.0 Å². The zero-order valence-corrected chi connectivity index (χ0v) is 17.1. The van der Waals surface area contributed by atoms with Crippen LogP contribution in [0.1, 0.15) is 12.5 Å². The predicted molar refractivity (Wildman–Crippen MR) is 119 cm³/mol. The maximum absolute atomic E-state index is 11.5. The normalized spacial score (nSPS) is 10.7. The van der Waals surface area contributed by atoms with Gasteiger partial charge in [-0.25, -0.2) is 9.78 Å². The van der Waals surface area contributed by atoms with Gasteiger partial charge in [-0.15, -0.1) is 0 Å². The Morgan fingerprint density at radius 3 is 2.33 bits per heavy atom. The molecule has 0 N–H and O–H groups in total. The summed E-state index contributed by atoms with van der Waals surface area (Å²) in [5.41, 5.74) is 6.37. The van der Waals surface area contributed by atoms with E-state index >= 15 is 0 Å². The minimum atomic E-state index is -0.375. The summed E-state index contributed by atoms with van der Waals surface area (Å²) in [7, 11) is 0. The molecule has 4 nitrogen and oxygen atoms in total. The van der Waals surface area contributed by atoms with Gasteiger partial charge in [-0.3, -0.25) is 0 Å². The summed E-state index contributed by atoms with van der Waals surface area (Å²) in [6, 6.07) is 26.4. The molecule has 1 heterocycles. The number of ether oxygens (including phenoxy) is 2. The van der Waals surface area contributed by atoms with Crippen molar-refractivity contribution in [3.05, 3.63) is 84.4 Å². The third kappa shape index (κ3) is 4.33. The highest BCUT2D eigenvalue weighted by atomic mass is 16.6. The van der Waals surface area contributed by atoms with Crippen LogP contribution in [0.5, 0.6) is 5.75 Å². The molecule has 1 aromatic heterocycles. The van der Waals surface area contributed by atoms with Gasteiger partial charge in [0, 0.05) is 10.9 Å². The molecule has 0 amide bonds. The van der Waals surface area contributed by atoms with Gasteiger partial charge < -0.3 is 9.47 Å². The molecule has 0 aliphatic rings. The fourth-order valence-electron chi connectivity index (χ4n) is 3.36. The molecule has 150 valence electrons. The van der Waals surface area contributed by atoms with Gasteiger partial charge in [-0.2, -0.15) is 0 Å². The van der Waals surface area contributed by atoms with Crippen molar-refractivity contribution in [1.82, 2.24) is 4.98 Å². The van der Waals surface area contributed by atoms with E-state index in [4.69, 9.17) is 14.5 Å². The molecule has 3 aromatic carbocycles. The molecule has 0 spiro atoms. The number of para-hydroxylation sites is 1. The Hall–Kier alpha value is -3.66. The molecule has 0 aliphatic heterocycles. The standard InChI is InChI=1S/C26H23NO3/c1-3-29-26(28)17-30-21-14-12-20(13-15-21)25-16-23(19-10-8-18(2)9-11-19)22-6-4-5-7-24(22)27-25/h4-16H,3,17H2,1-2H3. The molecule has 0 saturated heterocycles. The Morgan fingerprint density at radius 2 is 1.60 bits per heavy atom. The van der Waals surface area contributed by atoms with Gasteiger partial charge in [0.05, 0.1) is 17.8 Å². The SMILES string of the molecule is CCOC(=O)COc1ccc(-c2cc(-c3ccc(C)cc3)c3ccccc3n2)cc1. The molecular formula is C26H23NO3. The van der Waals surface area contributed by atoms with Crippen molar-refractivity contribution in [1.29, 1.82) is 0 Å². The third-order valence-electron chi connectivity index (χ3n) is 4.89. The second-order valence-corrected chi connectivity index (χ2v) is 7.06. The van der Waals surface area contributed by atoms with Crippen molar-refractivity contribution in [3.8, 4) is 28.1 Å². The highest BCUT2D eigenvalue weighted by Gasteiger charge is 2.10. The number of hydrogen-bond donors (Lipinski definition) is 0. The Labute approximate surface area is 176 Å². The van der Waals surface area contributed by atoms with Crippen LogP contribution < -0.4 is 4.74 Å². The van der Waals surface area contributed by atoms with E-state index in [1.54, 1.807) is 6.92 Å². The average molecular weight is 397 g/mol. The number of esters is 1. The number of carbonyl (C=O) groups excluding carboxylic acids is 1. The second-order valence-electron chi connectivity index (χ2n) is 7.06. The first-order valence-electron chi connectivity index (χ1n) is 10.00. The van der Waals surface area contributed by atoms with Gasteiger partial charge in [0.2, 0.25) is 0 Å². The number of rotatable bonds is 6. The maximum atomic E-state index is 11.5. The number of pyridine rings is 1. The van der Waals surface area contributed by atoms with Crippen LogP contribution in [-0.4, -0.2) is 24.2 Å². The quantitative estimate of drug-likeness (QED) is 0.385. The lowest BCUT2D eigenvalue weighted by atomic mass is 9.97. The fourth-order valence-corrected chi connectivity index (χ4v) is 3.36. The van der Waals surface area contributed by atoms with Gasteiger partial charge in [0.1, 0.15) is 5.75 Å². The molecule has 0 bridgehead atoms. The zero-order valence-electron chi connectivity index (χ0n) is 17.1. The van der Waals surface area contributed by atoms with E-state index < -0.39 is 0 Å². The Bertz CT molecular complexity index is 1170. The molecular weight excluding hydrogens is 374 g/mol. The fraction of sp³-hybridized carbons (Fsp3) is 0.154. The van der Waals surface area contributed by atoms with E-state index in [-0.39, 0.29) is 12.6 Å². The highest BCUT2D eigenvalue weighted by molar-refractivity contribution is 5.96. The largest absolute Gasteiger partial charge is 0.482 e. The van der Waals surface area contributed by atoms with Crippen molar-refractivity contribution in [3.63, 3.8) is 0 Å². The Kier molecular flexibility index (Phi) is 5.75. The molecule has 0 aliphatic carbocycles. The second kappa shape index (κ2) is 8.78. The van der Waals surface area contributed by atoms with E-state index in [9.17, 15) is 4.79 Å². The minimum absolute atomic E-state index is 0.0982. The molecule has 4 heteroatoms. The molecule has 0 atom stereocenters. The summed E-state index contributed by atoms with van der Waals surface area (Å²) in [6.45, 7) is 4.11. The van der Waals surface area contributed by atoms with E-state index in [0.29, 0.717) is 12.4 Å². The van der Waals surface area contributed by atoms with E-state index in [2.05, 4.69) is 43.3 Å². The van der Waals surface area contributed by atoms with Crippen molar-refractivity contribution in [2.24, 2.45) is 0 Å². The number of aryl methyl sites for hydroxylation is 1. The molecule has 0 saturated carbocycles. The molecule has 30 heavy (non-hydrogen) atoms. The van der Waals surface area contributed by atoms with Crippen LogP contribution in [0.2, 0.25) is 0 Å². The lowest BCUT2D eigenvalue weighted by molar-refractivity contribution is -0.145. The first-order valence-corrected chi connectivity index (χ1v) is 10.00. The van der Waals surface area contributed by atoms with E-state index in [0.717, 1.165) is 33.3 Å². The number of hydrogen-bond acceptors (Lipinski definition) is 4. The number of carbonyl (C=O) groups is 1. The zero-order chi connectivity index (χ0) is 20.9. The first kappa shape index (κ1) is 19.6. The van der Waals surface area contributed by atoms with Crippen LogP contribution in [0.4, 0.5) is 0 Å². The lowest BCUT2D eigenvalue weighted by Crippen LogP contribution is -2.14. The molecule has 4 rings (SSSR count). The summed E-state index contributed by atoms with van der Waals surface area (Å²) in [5, 5.41) is 1.12. The van der Waals surface area contributed by atoms with E-state index in [1.807, 2.05) is 42.5 Å². The average Bonchev–Trinajstić information content (AvgIpc) is 2.78. The summed E-state index contributed by atoms with van der Waals surface area (Å²) in [5.74, 6) is 0.242. The topological polar surface area (TPSA) is 48.4 Å². The van der Waals surface area contributed by atoms with Crippen molar-refractivity contribution in [2.45, 2.75) is 13.8 Å². The summed E-state index contributed by atoms with van der Waals surface area (Å²) < 4.78 is 10.4. The monoisotopic (exact) mass is 397 g/mol. The first-order chi connectivity index (χ1) is 14.6. The van der Waals surface area contributed by atoms with Crippen LogP contribution in [0, 0.1) is 6.92 Å². The molecule has 4 aromatic rings. The van der Waals surface area contributed by atoms with E-state index in [1.165, 1.54) is 5.56 Å². The Balaban J connectivity index is 1.67. The number of fused-ring (bicyclic) bond motifs is 1. The van der Waals surface area contributed by atoms with Crippen molar-refractivity contribution < 1.29 is 14.3 Å². The van der Waals surface area contributed by atoms with Crippen LogP contribution in [0.25, 0.3) is 33.3 Å². The summed E-state index contributed by atoms with van der Waals surface area (Å²) in [4.78, 5) is 16.3. The van der Waals surface area contributed by atoms with Crippen molar-refractivity contribution in [2.75, 3.05) is 13.2 Å². The number of benzene rings is 3. The molecule has 0 fully saturated rings. The van der Waals surface area contributed by atoms with Gasteiger partial charge >= 0.3 is 5.97 Å². The maximum Gasteiger partial charge on any atom is 0.344 e. The number of nitrogens with zero attached hydrogens (tertiary/aromatic N) is 1. The minimum Gasteiger partial charge on any atom is -0.482 e. The molecule has 0 radical (unpaired) electrons. The molecule has 0 unspecified atom stereocenters. The third-order valence-corrected chi connectivity index (χ3v) is 4.89. The summed E-state index contributed by atoms with van der Waals surface area (Å²) in [6.07, 6.45) is 0. The van der Waals surface area contributed by atoms with Crippen molar-refractivity contribution >= 4 is 16.9 Å². The van der Waals surface area contributed by atoms with Crippen LogP contribution >= 0.6 is 0 Å². The van der Waals surface area contributed by atoms with Crippen LogP contribution in [-0.2, 0) is 9.53 Å². The smallest absolute Gasteiger partial charge is 0.344 e. The Morgan fingerprint density at radius 1 is 0.900 bits per heavy atom. The predicted octanol–water partition coefficient (Wildman–Crippen LogP) is 5.82. The van der Waals surface area contributed by atoms with Crippen LogP contribution in [0.15, 0.2) is 78.9 Å². The van der Waals surface area contributed by atoms with Crippen LogP contribution in [0.3, 0.4) is 0 Å². The van der Waals surface area contributed by atoms with Gasteiger partial charge in [-0.05, 0) is 61.4 Å². The lowest BCUT2D eigenvalue weighted by Gasteiger charge is -2.11. The van der Waals surface area contributed by atoms with Gasteiger partial charge in [0.15, 0.2) is 6.61 Å².